The number of hydrogen-bond donors (Lipinski definition) is 0. The minimum absolute atomic E-state index is 0.674. The number of aromatic nitrogens is 3. The monoisotopic (exact) mass is 249 g/mol. The summed E-state index contributed by atoms with van der Waals surface area (Å²) in [5.41, 5.74) is 1.81. The van der Waals surface area contributed by atoms with Gasteiger partial charge in [0.2, 0.25) is 0 Å². The minimum atomic E-state index is 0.674. The van der Waals surface area contributed by atoms with Crippen molar-refractivity contribution in [1.82, 2.24) is 14.5 Å². The predicted molar refractivity (Wildman–Crippen MR) is 66.8 cm³/mol. The first-order valence-electron chi connectivity index (χ1n) is 4.77. The number of thiophene rings is 1. The summed E-state index contributed by atoms with van der Waals surface area (Å²) in [6.07, 6.45) is 1.58. The van der Waals surface area contributed by atoms with E-state index in [0.717, 1.165) is 21.6 Å². The predicted octanol–water partition coefficient (Wildman–Crippen LogP) is 3.35. The van der Waals surface area contributed by atoms with Gasteiger partial charge in [-0.2, -0.15) is 0 Å². The van der Waals surface area contributed by atoms with E-state index in [2.05, 4.69) is 9.97 Å². The molecule has 0 saturated heterocycles. The van der Waals surface area contributed by atoms with Gasteiger partial charge in [-0.25, -0.2) is 9.97 Å². The van der Waals surface area contributed by atoms with Crippen molar-refractivity contribution in [2.75, 3.05) is 0 Å². The Hall–Kier alpha value is -1.39. The molecular formula is C11H8ClN3S. The fourth-order valence-electron chi connectivity index (χ4n) is 1.71. The molecule has 80 valence electrons. The van der Waals surface area contributed by atoms with Crippen molar-refractivity contribution in [3.63, 3.8) is 0 Å². The highest BCUT2D eigenvalue weighted by Gasteiger charge is 2.11. The van der Waals surface area contributed by atoms with Crippen molar-refractivity contribution in [2.24, 2.45) is 7.05 Å². The molecule has 3 heterocycles. The summed E-state index contributed by atoms with van der Waals surface area (Å²) in [6.45, 7) is 0. The van der Waals surface area contributed by atoms with Crippen LogP contribution in [0.3, 0.4) is 0 Å². The van der Waals surface area contributed by atoms with E-state index >= 15 is 0 Å². The van der Waals surface area contributed by atoms with Crippen molar-refractivity contribution < 1.29 is 0 Å². The largest absolute Gasteiger partial charge is 0.319 e. The zero-order valence-corrected chi connectivity index (χ0v) is 10.1. The lowest BCUT2D eigenvalue weighted by Gasteiger charge is -1.99. The van der Waals surface area contributed by atoms with Crippen molar-refractivity contribution in [2.45, 2.75) is 0 Å². The molecule has 0 aliphatic carbocycles. The summed E-state index contributed by atoms with van der Waals surface area (Å²) in [5.74, 6) is 0. The van der Waals surface area contributed by atoms with Gasteiger partial charge < -0.3 is 4.57 Å². The second kappa shape index (κ2) is 3.57. The van der Waals surface area contributed by atoms with Crippen molar-refractivity contribution in [1.29, 1.82) is 0 Å². The van der Waals surface area contributed by atoms with Crippen molar-refractivity contribution in [3.8, 4) is 10.6 Å². The van der Waals surface area contributed by atoms with E-state index in [4.69, 9.17) is 11.6 Å². The highest BCUT2D eigenvalue weighted by Crippen LogP contribution is 2.31. The van der Waals surface area contributed by atoms with Crippen LogP contribution in [0.1, 0.15) is 0 Å². The summed E-state index contributed by atoms with van der Waals surface area (Å²) in [4.78, 5) is 9.71. The maximum atomic E-state index is 6.08. The Kier molecular flexibility index (Phi) is 2.19. The number of hydrogen-bond acceptors (Lipinski definition) is 3. The number of rotatable bonds is 1. The average molecular weight is 250 g/mol. The fraction of sp³-hybridized carbons (Fsp3) is 0.0909. The summed E-state index contributed by atoms with van der Waals surface area (Å²) in [5, 5.41) is 3.71. The Morgan fingerprint density at radius 1 is 1.38 bits per heavy atom. The summed E-state index contributed by atoms with van der Waals surface area (Å²) < 4.78 is 1.86. The SMILES string of the molecule is Cn1c(Cl)cc2c(-c3cccs3)ncnc21. The number of nitrogens with zero attached hydrogens (tertiary/aromatic N) is 3. The van der Waals surface area contributed by atoms with E-state index in [1.54, 1.807) is 17.7 Å². The van der Waals surface area contributed by atoms with Crippen molar-refractivity contribution in [3.05, 3.63) is 35.1 Å². The molecule has 0 aromatic carbocycles. The molecule has 0 spiro atoms. The maximum absolute atomic E-state index is 6.08. The Labute approximate surface area is 101 Å². The standard InChI is InChI=1S/C11H8ClN3S/c1-15-9(12)5-7-10(8-3-2-4-16-8)13-6-14-11(7)15/h2-6H,1H3. The zero-order valence-electron chi connectivity index (χ0n) is 8.51. The quantitative estimate of drug-likeness (QED) is 0.662. The second-order valence-corrected chi connectivity index (χ2v) is 4.80. The Morgan fingerprint density at radius 2 is 2.25 bits per heavy atom. The van der Waals surface area contributed by atoms with Gasteiger partial charge in [0.15, 0.2) is 0 Å². The summed E-state index contributed by atoms with van der Waals surface area (Å²) in [6, 6.07) is 5.97. The molecule has 0 aliphatic heterocycles. The van der Waals surface area contributed by atoms with E-state index in [1.807, 2.05) is 35.2 Å². The zero-order chi connectivity index (χ0) is 11.1. The van der Waals surface area contributed by atoms with E-state index in [9.17, 15) is 0 Å². The lowest BCUT2D eigenvalue weighted by atomic mass is 10.2. The Morgan fingerprint density at radius 3 is 3.00 bits per heavy atom. The normalized spacial score (nSPS) is 11.1. The van der Waals surface area contributed by atoms with Crippen LogP contribution in [0.25, 0.3) is 21.6 Å². The van der Waals surface area contributed by atoms with E-state index in [1.165, 1.54) is 0 Å². The van der Waals surface area contributed by atoms with Gasteiger partial charge in [-0.1, -0.05) is 17.7 Å². The first kappa shape index (κ1) is 9.81. The highest BCUT2D eigenvalue weighted by atomic mass is 35.5. The topological polar surface area (TPSA) is 30.7 Å². The molecule has 3 nitrogen and oxygen atoms in total. The molecular weight excluding hydrogens is 242 g/mol. The van der Waals surface area contributed by atoms with Crippen LogP contribution in [-0.2, 0) is 7.05 Å². The summed E-state index contributed by atoms with van der Waals surface area (Å²) >= 11 is 7.75. The molecule has 0 aliphatic rings. The first-order valence-corrected chi connectivity index (χ1v) is 6.03. The van der Waals surface area contributed by atoms with Gasteiger partial charge >= 0.3 is 0 Å². The number of fused-ring (bicyclic) bond motifs is 1. The van der Waals surface area contributed by atoms with Crippen LogP contribution in [0.5, 0.6) is 0 Å². The van der Waals surface area contributed by atoms with Crippen molar-refractivity contribution >= 4 is 34.0 Å². The molecule has 0 bridgehead atoms. The third-order valence-electron chi connectivity index (χ3n) is 2.52. The second-order valence-electron chi connectivity index (χ2n) is 3.46. The van der Waals surface area contributed by atoms with Crippen LogP contribution in [-0.4, -0.2) is 14.5 Å². The van der Waals surface area contributed by atoms with E-state index in [-0.39, 0.29) is 0 Å². The number of aryl methyl sites for hydroxylation is 1. The van der Waals surface area contributed by atoms with Crippen LogP contribution in [0.4, 0.5) is 0 Å². The van der Waals surface area contributed by atoms with E-state index < -0.39 is 0 Å². The minimum Gasteiger partial charge on any atom is -0.319 e. The highest BCUT2D eigenvalue weighted by molar-refractivity contribution is 7.13. The molecule has 0 unspecified atom stereocenters. The Balaban J connectivity index is 2.38. The molecule has 16 heavy (non-hydrogen) atoms. The average Bonchev–Trinajstić information content (AvgIpc) is 2.89. The van der Waals surface area contributed by atoms with Crippen LogP contribution in [0.2, 0.25) is 5.15 Å². The van der Waals surface area contributed by atoms with Crippen LogP contribution >= 0.6 is 22.9 Å². The molecule has 0 saturated carbocycles. The number of halogens is 1. The van der Waals surface area contributed by atoms with Gasteiger partial charge in [0.05, 0.1) is 10.6 Å². The van der Waals surface area contributed by atoms with Gasteiger partial charge in [0, 0.05) is 12.4 Å². The smallest absolute Gasteiger partial charge is 0.144 e. The van der Waals surface area contributed by atoms with Crippen LogP contribution < -0.4 is 0 Å². The molecule has 3 rings (SSSR count). The van der Waals surface area contributed by atoms with Crippen LogP contribution in [0.15, 0.2) is 29.9 Å². The first-order chi connectivity index (χ1) is 7.77. The lowest BCUT2D eigenvalue weighted by Crippen LogP contribution is -1.91. The molecule has 0 atom stereocenters. The van der Waals surface area contributed by atoms with Crippen LogP contribution in [0, 0.1) is 0 Å². The summed E-state index contributed by atoms with van der Waals surface area (Å²) in [7, 11) is 1.90. The molecule has 0 amide bonds. The molecule has 0 fully saturated rings. The fourth-order valence-corrected chi connectivity index (χ4v) is 2.64. The lowest BCUT2D eigenvalue weighted by molar-refractivity contribution is 0.945. The van der Waals surface area contributed by atoms with E-state index in [0.29, 0.717) is 5.15 Å². The Bertz CT molecular complexity index is 643. The van der Waals surface area contributed by atoms with Gasteiger partial charge in [-0.05, 0) is 17.5 Å². The molecule has 0 N–H and O–H groups in total. The third kappa shape index (κ3) is 1.34. The van der Waals surface area contributed by atoms with Gasteiger partial charge in [-0.15, -0.1) is 11.3 Å². The molecule has 3 aromatic rings. The third-order valence-corrected chi connectivity index (χ3v) is 3.76. The van der Waals surface area contributed by atoms with Gasteiger partial charge in [0.1, 0.15) is 17.1 Å². The molecule has 3 aromatic heterocycles. The maximum Gasteiger partial charge on any atom is 0.144 e. The molecule has 0 radical (unpaired) electrons. The molecule has 5 heteroatoms. The van der Waals surface area contributed by atoms with Gasteiger partial charge in [-0.3, -0.25) is 0 Å². The van der Waals surface area contributed by atoms with Gasteiger partial charge in [0.25, 0.3) is 0 Å².